The molecule has 182 valence electrons. The number of hydrogen-bond donors (Lipinski definition) is 0. The standard InChI is InChI=1S/C26H38N2O5/c1-9-22(24(29)31-10-2)17-27-20(5)32-23-13-11-21(12-14-23)18-28(16-15-19(3)4)25(30)33-26(6,7)8/h9,11-14,17,19H,1,10,15-16,18H2,2-8H3/b22-17+,27-20+. The summed E-state index contributed by atoms with van der Waals surface area (Å²) in [4.78, 5) is 30.3. The molecule has 7 nitrogen and oxygen atoms in total. The van der Waals surface area contributed by atoms with Crippen molar-refractivity contribution in [2.75, 3.05) is 13.2 Å². The third-order valence-electron chi connectivity index (χ3n) is 4.31. The third kappa shape index (κ3) is 11.4. The molecular weight excluding hydrogens is 420 g/mol. The lowest BCUT2D eigenvalue weighted by atomic mass is 10.1. The Hall–Kier alpha value is -3.09. The lowest BCUT2D eigenvalue weighted by Crippen LogP contribution is -2.37. The molecule has 0 unspecified atom stereocenters. The molecule has 7 heteroatoms. The van der Waals surface area contributed by atoms with Crippen LogP contribution in [-0.4, -0.2) is 41.6 Å². The van der Waals surface area contributed by atoms with E-state index in [4.69, 9.17) is 14.2 Å². The second kappa shape index (κ2) is 13.5. The first-order valence-corrected chi connectivity index (χ1v) is 11.2. The molecule has 0 aromatic heterocycles. The van der Waals surface area contributed by atoms with E-state index in [0.29, 0.717) is 30.7 Å². The molecule has 0 aliphatic heterocycles. The highest BCUT2D eigenvalue weighted by Gasteiger charge is 2.22. The van der Waals surface area contributed by atoms with Gasteiger partial charge in [0.15, 0.2) is 5.90 Å². The molecular formula is C26H38N2O5. The predicted octanol–water partition coefficient (Wildman–Crippen LogP) is 5.90. The number of benzene rings is 1. The van der Waals surface area contributed by atoms with Gasteiger partial charge in [0.2, 0.25) is 0 Å². The Bertz CT molecular complexity index is 848. The highest BCUT2D eigenvalue weighted by Crippen LogP contribution is 2.17. The number of aliphatic imine (C=N–C) groups is 1. The summed E-state index contributed by atoms with van der Waals surface area (Å²) < 4.78 is 16.2. The van der Waals surface area contributed by atoms with Gasteiger partial charge in [0.05, 0.1) is 12.2 Å². The molecule has 0 aliphatic carbocycles. The molecule has 0 bridgehead atoms. The smallest absolute Gasteiger partial charge is 0.410 e. The minimum atomic E-state index is -0.547. The summed E-state index contributed by atoms with van der Waals surface area (Å²) in [6, 6.07) is 7.43. The van der Waals surface area contributed by atoms with Gasteiger partial charge >= 0.3 is 12.1 Å². The summed E-state index contributed by atoms with van der Waals surface area (Å²) in [5.41, 5.74) is 0.663. The number of carbonyl (C=O) groups excluding carboxylic acids is 2. The van der Waals surface area contributed by atoms with Crippen LogP contribution in [0.3, 0.4) is 0 Å². The SMILES string of the molecule is C=C/C(=C\N=C(/C)Oc1ccc(CN(CCC(C)C)C(=O)OC(C)(C)C)cc1)C(=O)OCC. The van der Waals surface area contributed by atoms with E-state index >= 15 is 0 Å². The molecule has 0 saturated carbocycles. The Balaban J connectivity index is 2.85. The van der Waals surface area contributed by atoms with E-state index in [-0.39, 0.29) is 18.3 Å². The normalized spacial score (nSPS) is 12.4. The van der Waals surface area contributed by atoms with Crippen molar-refractivity contribution in [2.24, 2.45) is 10.9 Å². The van der Waals surface area contributed by atoms with Crippen LogP contribution in [0, 0.1) is 5.92 Å². The fourth-order valence-corrected chi connectivity index (χ4v) is 2.62. The van der Waals surface area contributed by atoms with E-state index < -0.39 is 11.6 Å². The van der Waals surface area contributed by atoms with Crippen LogP contribution in [0.4, 0.5) is 4.79 Å². The average Bonchev–Trinajstić information content (AvgIpc) is 2.71. The number of ether oxygens (including phenoxy) is 3. The summed E-state index contributed by atoms with van der Waals surface area (Å²) >= 11 is 0. The highest BCUT2D eigenvalue weighted by atomic mass is 16.6. The minimum absolute atomic E-state index is 0.249. The number of carbonyl (C=O) groups is 2. The Morgan fingerprint density at radius 1 is 1.18 bits per heavy atom. The largest absolute Gasteiger partial charge is 0.462 e. The zero-order valence-corrected chi connectivity index (χ0v) is 21.0. The van der Waals surface area contributed by atoms with Gasteiger partial charge < -0.3 is 19.1 Å². The van der Waals surface area contributed by atoms with Crippen LogP contribution < -0.4 is 4.74 Å². The Labute approximate surface area is 198 Å². The molecule has 0 radical (unpaired) electrons. The van der Waals surface area contributed by atoms with Crippen LogP contribution >= 0.6 is 0 Å². The Morgan fingerprint density at radius 3 is 2.33 bits per heavy atom. The number of nitrogens with zero attached hydrogens (tertiary/aromatic N) is 2. The molecule has 33 heavy (non-hydrogen) atoms. The molecule has 0 aliphatic rings. The lowest BCUT2D eigenvalue weighted by Gasteiger charge is -2.28. The van der Waals surface area contributed by atoms with Crippen molar-refractivity contribution in [1.82, 2.24) is 4.90 Å². The number of amides is 1. The van der Waals surface area contributed by atoms with Crippen LogP contribution in [0.25, 0.3) is 0 Å². The van der Waals surface area contributed by atoms with Crippen molar-refractivity contribution in [1.29, 1.82) is 0 Å². The van der Waals surface area contributed by atoms with Crippen molar-refractivity contribution >= 4 is 18.0 Å². The lowest BCUT2D eigenvalue weighted by molar-refractivity contribution is -0.138. The van der Waals surface area contributed by atoms with Crippen molar-refractivity contribution in [3.8, 4) is 5.75 Å². The number of rotatable bonds is 10. The molecule has 0 heterocycles. The topological polar surface area (TPSA) is 77.4 Å². The van der Waals surface area contributed by atoms with E-state index in [9.17, 15) is 9.59 Å². The van der Waals surface area contributed by atoms with E-state index in [1.54, 1.807) is 18.7 Å². The molecule has 1 rings (SSSR count). The zero-order valence-electron chi connectivity index (χ0n) is 21.0. The summed E-state index contributed by atoms with van der Waals surface area (Å²) in [5.74, 6) is 0.947. The zero-order chi connectivity index (χ0) is 25.0. The molecule has 0 fully saturated rings. The van der Waals surface area contributed by atoms with Crippen molar-refractivity contribution < 1.29 is 23.8 Å². The summed E-state index contributed by atoms with van der Waals surface area (Å²) in [6.45, 7) is 18.2. The highest BCUT2D eigenvalue weighted by molar-refractivity contribution is 5.91. The predicted molar refractivity (Wildman–Crippen MR) is 131 cm³/mol. The maximum Gasteiger partial charge on any atom is 0.410 e. The average molecular weight is 459 g/mol. The van der Waals surface area contributed by atoms with Gasteiger partial charge in [-0.25, -0.2) is 14.6 Å². The first-order valence-electron chi connectivity index (χ1n) is 11.2. The van der Waals surface area contributed by atoms with Crippen LogP contribution in [0.2, 0.25) is 0 Å². The van der Waals surface area contributed by atoms with Gasteiger partial charge in [-0.05, 0) is 57.7 Å². The van der Waals surface area contributed by atoms with Gasteiger partial charge in [0.25, 0.3) is 0 Å². The molecule has 1 aromatic rings. The fourth-order valence-electron chi connectivity index (χ4n) is 2.62. The van der Waals surface area contributed by atoms with Gasteiger partial charge in [-0.1, -0.05) is 38.6 Å². The van der Waals surface area contributed by atoms with Crippen LogP contribution in [0.5, 0.6) is 5.75 Å². The quantitative estimate of drug-likeness (QED) is 0.143. The summed E-state index contributed by atoms with van der Waals surface area (Å²) in [5, 5.41) is 0. The van der Waals surface area contributed by atoms with Crippen LogP contribution in [0.15, 0.2) is 53.7 Å². The van der Waals surface area contributed by atoms with Crippen LogP contribution in [-0.2, 0) is 20.8 Å². The van der Waals surface area contributed by atoms with Gasteiger partial charge in [-0.15, -0.1) is 0 Å². The van der Waals surface area contributed by atoms with Gasteiger partial charge in [-0.2, -0.15) is 0 Å². The maximum atomic E-state index is 12.6. The second-order valence-corrected chi connectivity index (χ2v) is 8.99. The van der Waals surface area contributed by atoms with Gasteiger partial charge in [0, 0.05) is 26.2 Å². The van der Waals surface area contributed by atoms with Crippen molar-refractivity contribution in [3.63, 3.8) is 0 Å². The van der Waals surface area contributed by atoms with E-state index in [0.717, 1.165) is 12.0 Å². The van der Waals surface area contributed by atoms with E-state index in [1.165, 1.54) is 12.3 Å². The second-order valence-electron chi connectivity index (χ2n) is 8.99. The fraction of sp³-hybridized carbons (Fsp3) is 0.500. The Kier molecular flexibility index (Phi) is 11.4. The van der Waals surface area contributed by atoms with E-state index in [2.05, 4.69) is 25.4 Å². The van der Waals surface area contributed by atoms with Crippen LogP contribution in [0.1, 0.15) is 60.5 Å². The number of esters is 1. The minimum Gasteiger partial charge on any atom is -0.462 e. The van der Waals surface area contributed by atoms with Crippen molar-refractivity contribution in [3.05, 3.63) is 54.3 Å². The molecule has 1 aromatic carbocycles. The molecule has 0 N–H and O–H groups in total. The maximum absolute atomic E-state index is 12.6. The number of hydrogen-bond acceptors (Lipinski definition) is 6. The summed E-state index contributed by atoms with van der Waals surface area (Å²) in [7, 11) is 0. The van der Waals surface area contributed by atoms with E-state index in [1.807, 2.05) is 45.0 Å². The molecule has 1 amide bonds. The van der Waals surface area contributed by atoms with Gasteiger partial charge in [0.1, 0.15) is 11.4 Å². The third-order valence-corrected chi connectivity index (χ3v) is 4.31. The monoisotopic (exact) mass is 458 g/mol. The molecule has 0 atom stereocenters. The molecule has 0 spiro atoms. The van der Waals surface area contributed by atoms with Gasteiger partial charge in [-0.3, -0.25) is 0 Å². The first-order chi connectivity index (χ1) is 15.4. The Morgan fingerprint density at radius 2 is 1.82 bits per heavy atom. The molecule has 0 saturated heterocycles. The van der Waals surface area contributed by atoms with Crippen molar-refractivity contribution in [2.45, 2.75) is 67.0 Å². The first kappa shape index (κ1) is 27.9. The summed E-state index contributed by atoms with van der Waals surface area (Å²) in [6.07, 6.45) is 3.32.